The first kappa shape index (κ1) is 30.3. The number of hydrogen-bond acceptors (Lipinski definition) is 12. The first-order valence-electron chi connectivity index (χ1n) is 10.2. The molecule has 0 aliphatic carbocycles. The van der Waals surface area contributed by atoms with Crippen LogP contribution in [0.3, 0.4) is 0 Å². The number of amides is 2. The largest absolute Gasteiger partial charge is 0.506 e. The Morgan fingerprint density at radius 2 is 0.861 bits per heavy atom. The minimum Gasteiger partial charge on any atom is -0.506 e. The summed E-state index contributed by atoms with van der Waals surface area (Å²) in [4.78, 5) is 30.4. The van der Waals surface area contributed by atoms with E-state index in [1.165, 1.54) is 70.6 Å². The molecule has 2 aliphatic rings. The van der Waals surface area contributed by atoms with Crippen LogP contribution in [0, 0.1) is 0 Å². The van der Waals surface area contributed by atoms with Crippen LogP contribution in [0.25, 0.3) is 0 Å². The van der Waals surface area contributed by atoms with E-state index in [1.54, 1.807) is 23.5 Å². The molecule has 0 aromatic heterocycles. The van der Waals surface area contributed by atoms with E-state index in [9.17, 15) is 19.8 Å². The Hall–Kier alpha value is -0.220. The number of benzene rings is 2. The smallest absolute Gasteiger partial charge is 0.234 e. The number of fused-ring (bicyclic) bond motifs is 2. The normalized spacial score (nSPS) is 14.3. The summed E-state index contributed by atoms with van der Waals surface area (Å²) >= 11 is 12.1. The van der Waals surface area contributed by atoms with Gasteiger partial charge in [0.2, 0.25) is 11.8 Å². The molecule has 0 unspecified atom stereocenters. The van der Waals surface area contributed by atoms with Crippen LogP contribution in [-0.4, -0.2) is 71.1 Å². The van der Waals surface area contributed by atoms with Gasteiger partial charge in [0, 0.05) is 19.6 Å². The molecule has 36 heavy (non-hydrogen) atoms. The number of rotatable bonds is 6. The molecule has 0 spiro atoms. The predicted octanol–water partition coefficient (Wildman–Crippen LogP) is 7.20. The van der Waals surface area contributed by atoms with E-state index >= 15 is 0 Å². The van der Waals surface area contributed by atoms with E-state index in [0.29, 0.717) is 23.0 Å². The highest BCUT2D eigenvalue weighted by Crippen LogP contribution is 2.54. The number of anilines is 2. The van der Waals surface area contributed by atoms with Gasteiger partial charge in [0.15, 0.2) is 0 Å². The van der Waals surface area contributed by atoms with Crippen molar-refractivity contribution in [3.05, 3.63) is 0 Å². The minimum atomic E-state index is 0.0209. The molecule has 0 bridgehead atoms. The van der Waals surface area contributed by atoms with Crippen LogP contribution in [0.5, 0.6) is 11.5 Å². The molecule has 196 valence electrons. The summed E-state index contributed by atoms with van der Waals surface area (Å²) in [6, 6.07) is 0. The average molecular weight is 639 g/mol. The minimum absolute atomic E-state index is 0.0209. The molecule has 6 nitrogen and oxygen atoms in total. The standard InChI is InChI=1S/2C11H13NO2S4/c2*1-15-8-6-9(18-4-5(13)12-6)11(17-3)7(14)10(8)16-2/h2*14H,4H2,1-3H3,(H,12,13). The number of nitrogens with one attached hydrogen (secondary N) is 2. The second-order valence-electron chi connectivity index (χ2n) is 6.98. The van der Waals surface area contributed by atoms with E-state index in [2.05, 4.69) is 10.6 Å². The topological polar surface area (TPSA) is 98.7 Å². The number of phenols is 2. The number of carbonyl (C=O) groups is 2. The lowest BCUT2D eigenvalue weighted by Gasteiger charge is -2.24. The van der Waals surface area contributed by atoms with Crippen molar-refractivity contribution in [2.75, 3.05) is 59.7 Å². The van der Waals surface area contributed by atoms with Crippen molar-refractivity contribution in [1.29, 1.82) is 0 Å². The molecular formula is C22H26N2O4S8. The van der Waals surface area contributed by atoms with Crippen molar-refractivity contribution in [3.63, 3.8) is 0 Å². The summed E-state index contributed by atoms with van der Waals surface area (Å²) in [6.07, 6.45) is 11.7. The van der Waals surface area contributed by atoms with Gasteiger partial charge in [-0.25, -0.2) is 0 Å². The van der Waals surface area contributed by atoms with Crippen LogP contribution in [0.15, 0.2) is 39.2 Å². The first-order chi connectivity index (χ1) is 17.3. The van der Waals surface area contributed by atoms with Crippen LogP contribution >= 0.6 is 94.1 Å². The van der Waals surface area contributed by atoms with Crippen molar-refractivity contribution in [3.8, 4) is 11.5 Å². The van der Waals surface area contributed by atoms with Crippen LogP contribution in [-0.2, 0) is 9.59 Å². The highest BCUT2D eigenvalue weighted by atomic mass is 32.2. The Kier molecular flexibility index (Phi) is 11.6. The lowest BCUT2D eigenvalue weighted by atomic mass is 10.2. The van der Waals surface area contributed by atoms with Gasteiger partial charge in [-0.2, -0.15) is 0 Å². The third kappa shape index (κ3) is 6.00. The lowest BCUT2D eigenvalue weighted by molar-refractivity contribution is -0.114. The fourth-order valence-corrected chi connectivity index (χ4v) is 11.0. The predicted molar refractivity (Wildman–Crippen MR) is 166 cm³/mol. The van der Waals surface area contributed by atoms with E-state index < -0.39 is 0 Å². The molecule has 2 heterocycles. The maximum Gasteiger partial charge on any atom is 0.234 e. The van der Waals surface area contributed by atoms with Crippen molar-refractivity contribution in [2.45, 2.75) is 39.2 Å². The molecule has 0 fully saturated rings. The summed E-state index contributed by atoms with van der Waals surface area (Å²) in [7, 11) is 0. The van der Waals surface area contributed by atoms with E-state index in [-0.39, 0.29) is 11.8 Å². The van der Waals surface area contributed by atoms with Gasteiger partial charge in [0.25, 0.3) is 0 Å². The van der Waals surface area contributed by atoms with E-state index in [4.69, 9.17) is 0 Å². The Labute approximate surface area is 245 Å². The Bertz CT molecular complexity index is 1050. The zero-order valence-corrected chi connectivity index (χ0v) is 26.9. The van der Waals surface area contributed by atoms with Gasteiger partial charge in [-0.1, -0.05) is 0 Å². The molecule has 0 saturated heterocycles. The van der Waals surface area contributed by atoms with Crippen molar-refractivity contribution >= 4 is 117 Å². The van der Waals surface area contributed by atoms with Gasteiger partial charge >= 0.3 is 0 Å². The zero-order valence-electron chi connectivity index (χ0n) is 20.4. The van der Waals surface area contributed by atoms with Crippen LogP contribution in [0.4, 0.5) is 11.4 Å². The van der Waals surface area contributed by atoms with Crippen LogP contribution in [0.2, 0.25) is 0 Å². The molecule has 4 N–H and O–H groups in total. The van der Waals surface area contributed by atoms with E-state index in [0.717, 1.165) is 50.5 Å². The first-order valence-corrected chi connectivity index (χ1v) is 19.5. The van der Waals surface area contributed by atoms with Gasteiger partial charge in [0.1, 0.15) is 11.5 Å². The number of hydrogen-bond donors (Lipinski definition) is 4. The fraction of sp³-hybridized carbons (Fsp3) is 0.364. The van der Waals surface area contributed by atoms with Gasteiger partial charge in [-0.3, -0.25) is 9.59 Å². The Morgan fingerprint density at radius 3 is 1.14 bits per heavy atom. The summed E-state index contributed by atoms with van der Waals surface area (Å²) in [6.45, 7) is 0. The van der Waals surface area contributed by atoms with Crippen LogP contribution < -0.4 is 10.6 Å². The third-order valence-corrected chi connectivity index (χ3v) is 12.6. The highest BCUT2D eigenvalue weighted by Gasteiger charge is 2.29. The quantitative estimate of drug-likeness (QED) is 0.190. The Morgan fingerprint density at radius 1 is 0.556 bits per heavy atom. The lowest BCUT2D eigenvalue weighted by Crippen LogP contribution is -2.20. The summed E-state index contributed by atoms with van der Waals surface area (Å²) in [5, 5.41) is 26.6. The van der Waals surface area contributed by atoms with Gasteiger partial charge in [0.05, 0.1) is 42.5 Å². The van der Waals surface area contributed by atoms with Gasteiger partial charge in [-0.05, 0) is 37.5 Å². The molecule has 0 saturated carbocycles. The number of aromatic hydroxyl groups is 2. The second-order valence-corrected chi connectivity index (χ2v) is 13.8. The maximum absolute atomic E-state index is 11.6. The zero-order chi connectivity index (χ0) is 26.6. The molecule has 2 aromatic carbocycles. The molecule has 2 amide bonds. The fourth-order valence-electron chi connectivity index (χ4n) is 3.57. The Balaban J connectivity index is 0.000000201. The van der Waals surface area contributed by atoms with Gasteiger partial charge in [-0.15, -0.1) is 94.1 Å². The highest BCUT2D eigenvalue weighted by molar-refractivity contribution is 8.04. The molecule has 4 rings (SSSR count). The number of phenolic OH excluding ortho intramolecular Hbond substituents is 2. The number of carbonyl (C=O) groups excluding carboxylic acids is 2. The van der Waals surface area contributed by atoms with Crippen molar-refractivity contribution in [2.24, 2.45) is 0 Å². The third-order valence-electron chi connectivity index (χ3n) is 5.04. The molecular weight excluding hydrogens is 613 g/mol. The molecule has 0 atom stereocenters. The average Bonchev–Trinajstić information content (AvgIpc) is 2.88. The van der Waals surface area contributed by atoms with Crippen LogP contribution in [0.1, 0.15) is 0 Å². The van der Waals surface area contributed by atoms with Gasteiger partial charge < -0.3 is 20.8 Å². The molecule has 14 heteroatoms. The van der Waals surface area contributed by atoms with Crippen molar-refractivity contribution < 1.29 is 19.8 Å². The molecule has 2 aromatic rings. The second kappa shape index (κ2) is 13.7. The summed E-state index contributed by atoms with van der Waals surface area (Å²) in [5.74, 6) is 1.53. The maximum atomic E-state index is 11.6. The SMILES string of the molecule is CSc1c(O)c(SC)c2c(c1SC)NC(=O)CS2.CSc1c(O)c(SC)c2c(c1SC)NC(=O)CS2. The monoisotopic (exact) mass is 638 g/mol. The molecule has 2 aliphatic heterocycles. The van der Waals surface area contributed by atoms with E-state index in [1.807, 2.05) is 37.5 Å². The number of thioether (sulfide) groups is 8. The van der Waals surface area contributed by atoms with Crippen molar-refractivity contribution in [1.82, 2.24) is 0 Å². The summed E-state index contributed by atoms with van der Waals surface area (Å²) in [5.41, 5.74) is 1.71. The summed E-state index contributed by atoms with van der Waals surface area (Å²) < 4.78 is 0. The molecule has 0 radical (unpaired) electrons.